The number of aromatic nitrogens is 4. The van der Waals surface area contributed by atoms with E-state index in [2.05, 4.69) is 29.1 Å². The molecule has 1 aliphatic carbocycles. The number of benzene rings is 2. The van der Waals surface area contributed by atoms with Gasteiger partial charge in [0.05, 0.1) is 11.8 Å². The van der Waals surface area contributed by atoms with Crippen LogP contribution in [-0.2, 0) is 16.2 Å². The molecule has 2 aromatic heterocycles. The van der Waals surface area contributed by atoms with Crippen LogP contribution >= 0.6 is 0 Å². The lowest BCUT2D eigenvalue weighted by Gasteiger charge is -2.37. The highest BCUT2D eigenvalue weighted by atomic mass is 16.6. The van der Waals surface area contributed by atoms with E-state index >= 15 is 0 Å². The van der Waals surface area contributed by atoms with Crippen molar-refractivity contribution in [1.82, 2.24) is 19.6 Å². The average Bonchev–Trinajstić information content (AvgIpc) is 3.29. The molecule has 8 heteroatoms. The molecule has 0 spiro atoms. The molecule has 1 aliphatic heterocycles. The number of hydrogen-bond donors (Lipinski definition) is 0. The van der Waals surface area contributed by atoms with E-state index in [-0.39, 0.29) is 23.7 Å². The summed E-state index contributed by atoms with van der Waals surface area (Å²) in [6, 6.07) is 19.7. The summed E-state index contributed by atoms with van der Waals surface area (Å²) in [5.41, 5.74) is 3.77. The number of oxime groups is 1. The Hall–Kier alpha value is -4.33. The zero-order valence-corrected chi connectivity index (χ0v) is 20.1. The molecule has 36 heavy (non-hydrogen) atoms. The van der Waals surface area contributed by atoms with Gasteiger partial charge in [0.1, 0.15) is 12.1 Å². The van der Waals surface area contributed by atoms with Crippen LogP contribution in [0.1, 0.15) is 55.1 Å². The SMILES string of the molecule is CC1(C)CC(=O)C2=C(C1)Oc1ncn3nc(CO/N=C\c4ccccc4)nc3c1[C@@H]2c1ccccc1. The molecule has 0 bridgehead atoms. The van der Waals surface area contributed by atoms with Gasteiger partial charge in [-0.2, -0.15) is 0 Å². The Morgan fingerprint density at radius 1 is 1.11 bits per heavy atom. The van der Waals surface area contributed by atoms with Crippen LogP contribution in [-0.4, -0.2) is 31.6 Å². The average molecular weight is 480 g/mol. The smallest absolute Gasteiger partial charge is 0.228 e. The van der Waals surface area contributed by atoms with Crippen molar-refractivity contribution in [3.8, 4) is 5.88 Å². The maximum absolute atomic E-state index is 13.4. The lowest BCUT2D eigenvalue weighted by Crippen LogP contribution is -2.33. The van der Waals surface area contributed by atoms with Gasteiger partial charge in [0.25, 0.3) is 0 Å². The number of ether oxygens (including phenoxy) is 1. The molecule has 2 aromatic carbocycles. The summed E-state index contributed by atoms with van der Waals surface area (Å²) < 4.78 is 7.88. The molecular formula is C28H25N5O3. The van der Waals surface area contributed by atoms with Crippen molar-refractivity contribution in [2.75, 3.05) is 0 Å². The number of hydrogen-bond acceptors (Lipinski definition) is 7. The molecule has 3 heterocycles. The first-order chi connectivity index (χ1) is 17.5. The van der Waals surface area contributed by atoms with E-state index in [0.29, 0.717) is 41.5 Å². The highest BCUT2D eigenvalue weighted by Gasteiger charge is 2.43. The van der Waals surface area contributed by atoms with Crippen LogP contribution in [0.25, 0.3) is 5.65 Å². The summed E-state index contributed by atoms with van der Waals surface area (Å²) in [5, 5.41) is 8.56. The van der Waals surface area contributed by atoms with Crippen LogP contribution in [0, 0.1) is 5.41 Å². The van der Waals surface area contributed by atoms with E-state index in [9.17, 15) is 4.79 Å². The minimum atomic E-state index is -0.334. The highest BCUT2D eigenvalue weighted by Crippen LogP contribution is 2.50. The van der Waals surface area contributed by atoms with Crippen molar-refractivity contribution >= 4 is 17.6 Å². The Balaban J connectivity index is 1.39. The van der Waals surface area contributed by atoms with Gasteiger partial charge in [-0.3, -0.25) is 4.79 Å². The number of fused-ring (bicyclic) bond motifs is 3. The zero-order chi connectivity index (χ0) is 24.7. The first-order valence-electron chi connectivity index (χ1n) is 11.9. The van der Waals surface area contributed by atoms with E-state index in [1.807, 2.05) is 60.7 Å². The fourth-order valence-electron chi connectivity index (χ4n) is 4.96. The minimum absolute atomic E-state index is 0.0950. The Kier molecular flexibility index (Phi) is 5.36. The summed E-state index contributed by atoms with van der Waals surface area (Å²) >= 11 is 0. The Labute approximate surface area is 208 Å². The molecule has 0 N–H and O–H groups in total. The summed E-state index contributed by atoms with van der Waals surface area (Å²) in [6.45, 7) is 4.28. The quantitative estimate of drug-likeness (QED) is 0.300. The van der Waals surface area contributed by atoms with Crippen LogP contribution in [0.3, 0.4) is 0 Å². The van der Waals surface area contributed by atoms with Crippen molar-refractivity contribution in [2.45, 2.75) is 39.2 Å². The molecule has 4 aromatic rings. The highest BCUT2D eigenvalue weighted by molar-refractivity contribution is 6.00. The van der Waals surface area contributed by atoms with E-state index in [0.717, 1.165) is 16.7 Å². The molecule has 6 rings (SSSR count). The second-order valence-electron chi connectivity index (χ2n) is 9.90. The van der Waals surface area contributed by atoms with Crippen molar-refractivity contribution in [1.29, 1.82) is 0 Å². The second kappa shape index (κ2) is 8.71. The normalized spacial score (nSPS) is 18.7. The van der Waals surface area contributed by atoms with E-state index in [1.54, 1.807) is 17.1 Å². The van der Waals surface area contributed by atoms with Gasteiger partial charge in [-0.25, -0.2) is 14.5 Å². The van der Waals surface area contributed by atoms with Gasteiger partial charge in [-0.05, 0) is 16.5 Å². The molecule has 0 amide bonds. The summed E-state index contributed by atoms with van der Waals surface area (Å²) in [6.07, 6.45) is 4.37. The van der Waals surface area contributed by atoms with Crippen LogP contribution in [0.2, 0.25) is 0 Å². The minimum Gasteiger partial charge on any atom is -0.442 e. The number of ketones is 1. The monoisotopic (exact) mass is 479 g/mol. The van der Waals surface area contributed by atoms with E-state index < -0.39 is 0 Å². The molecule has 0 saturated heterocycles. The molecular weight excluding hydrogens is 454 g/mol. The predicted octanol–water partition coefficient (Wildman–Crippen LogP) is 4.84. The third-order valence-corrected chi connectivity index (χ3v) is 6.51. The molecule has 0 fully saturated rings. The first-order valence-corrected chi connectivity index (χ1v) is 11.9. The maximum atomic E-state index is 13.4. The fraction of sp³-hybridized carbons (Fsp3) is 0.250. The van der Waals surface area contributed by atoms with Gasteiger partial charge in [0.2, 0.25) is 5.88 Å². The number of nitrogens with zero attached hydrogens (tertiary/aromatic N) is 5. The van der Waals surface area contributed by atoms with Crippen LogP contribution < -0.4 is 4.74 Å². The van der Waals surface area contributed by atoms with Crippen molar-refractivity contribution in [3.05, 3.63) is 101 Å². The van der Waals surface area contributed by atoms with Crippen molar-refractivity contribution in [3.63, 3.8) is 0 Å². The predicted molar refractivity (Wildman–Crippen MR) is 134 cm³/mol. The van der Waals surface area contributed by atoms with Crippen LogP contribution in [0.4, 0.5) is 0 Å². The van der Waals surface area contributed by atoms with Gasteiger partial charge in [-0.15, -0.1) is 5.10 Å². The van der Waals surface area contributed by atoms with Crippen LogP contribution in [0.5, 0.6) is 5.88 Å². The number of carbonyl (C=O) groups excluding carboxylic acids is 1. The summed E-state index contributed by atoms with van der Waals surface area (Å²) in [4.78, 5) is 28.2. The molecule has 0 radical (unpaired) electrons. The summed E-state index contributed by atoms with van der Waals surface area (Å²) in [7, 11) is 0. The number of allylic oxidation sites excluding steroid dienone is 2. The van der Waals surface area contributed by atoms with E-state index in [4.69, 9.17) is 14.6 Å². The third kappa shape index (κ3) is 4.04. The molecule has 0 saturated carbocycles. The van der Waals surface area contributed by atoms with E-state index in [1.165, 1.54) is 0 Å². The standard InChI is InChI=1S/C28H25N5O3/c1-28(2)13-20(34)24-21(14-28)36-27-25(23(24)19-11-7-4-8-12-19)26-31-22(32-33(26)17-29-27)16-35-30-15-18-9-5-3-6-10-18/h3-12,15,17,23H,13-14,16H2,1-2H3/b30-15-/t23-/m1/s1. The topological polar surface area (TPSA) is 91.0 Å². The molecule has 180 valence electrons. The molecule has 0 unspecified atom stereocenters. The van der Waals surface area contributed by atoms with Crippen molar-refractivity contribution in [2.24, 2.45) is 10.6 Å². The van der Waals surface area contributed by atoms with Gasteiger partial charge < -0.3 is 9.57 Å². The Morgan fingerprint density at radius 2 is 1.86 bits per heavy atom. The Bertz CT molecular complexity index is 1510. The molecule has 2 aliphatic rings. The lowest BCUT2D eigenvalue weighted by molar-refractivity contribution is -0.118. The fourth-order valence-corrected chi connectivity index (χ4v) is 4.96. The largest absolute Gasteiger partial charge is 0.442 e. The number of carbonyl (C=O) groups is 1. The van der Waals surface area contributed by atoms with Gasteiger partial charge >= 0.3 is 0 Å². The van der Waals surface area contributed by atoms with Gasteiger partial charge in [0.15, 0.2) is 23.9 Å². The summed E-state index contributed by atoms with van der Waals surface area (Å²) in [5.74, 6) is 1.38. The Morgan fingerprint density at radius 3 is 2.64 bits per heavy atom. The maximum Gasteiger partial charge on any atom is 0.228 e. The van der Waals surface area contributed by atoms with Gasteiger partial charge in [0, 0.05) is 24.3 Å². The zero-order valence-electron chi connectivity index (χ0n) is 20.1. The number of Topliss-reactive ketones (excluding diaryl/α,β-unsaturated/α-hetero) is 1. The van der Waals surface area contributed by atoms with Gasteiger partial charge in [-0.1, -0.05) is 79.7 Å². The number of rotatable bonds is 5. The second-order valence-corrected chi connectivity index (χ2v) is 9.90. The van der Waals surface area contributed by atoms with Crippen molar-refractivity contribution < 1.29 is 14.4 Å². The molecule has 1 atom stereocenters. The molecule has 8 nitrogen and oxygen atoms in total. The first kappa shape index (κ1) is 22.2. The van der Waals surface area contributed by atoms with Crippen LogP contribution in [0.15, 0.2) is 83.5 Å². The lowest BCUT2D eigenvalue weighted by atomic mass is 9.70. The third-order valence-electron chi connectivity index (χ3n) is 6.51.